The first kappa shape index (κ1) is 18.4. The highest BCUT2D eigenvalue weighted by molar-refractivity contribution is 5.81. The maximum Gasteiger partial charge on any atom is 0.248 e. The van der Waals surface area contributed by atoms with Crippen LogP contribution in [0.4, 0.5) is 0 Å². The molecule has 2 aliphatic rings. The molecule has 30 heavy (non-hydrogen) atoms. The smallest absolute Gasteiger partial charge is 0.248 e. The normalized spacial score (nSPS) is 19.3. The highest BCUT2D eigenvalue weighted by Gasteiger charge is 2.41. The lowest BCUT2D eigenvalue weighted by atomic mass is 10.0. The average molecular weight is 400 g/mol. The van der Waals surface area contributed by atoms with Crippen molar-refractivity contribution in [2.24, 2.45) is 5.92 Å². The fraction of sp³-hybridized carbons (Fsp3) is 0.304. The summed E-state index contributed by atoms with van der Waals surface area (Å²) in [6, 6.07) is 13.5. The summed E-state index contributed by atoms with van der Waals surface area (Å²) in [5.74, 6) is 1.71. The lowest BCUT2D eigenvalue weighted by Crippen LogP contribution is -2.18. The Bertz CT molecular complexity index is 1190. The van der Waals surface area contributed by atoms with Gasteiger partial charge < -0.3 is 14.5 Å². The molecule has 1 amide bonds. The summed E-state index contributed by atoms with van der Waals surface area (Å²) in [6.07, 6.45) is 1.34. The second-order valence-corrected chi connectivity index (χ2v) is 7.99. The SMILES string of the molecule is CC(C)Oc1ccc(-c2nnc(-c3cccc4c3C[C@@H]3CC(=O)N[C@H]43)o2)cc1C#N. The van der Waals surface area contributed by atoms with E-state index in [1.54, 1.807) is 12.1 Å². The molecule has 0 spiro atoms. The van der Waals surface area contributed by atoms with Crippen LogP contribution in [0.1, 0.15) is 43.0 Å². The van der Waals surface area contributed by atoms with Crippen molar-refractivity contribution in [1.29, 1.82) is 5.26 Å². The van der Waals surface area contributed by atoms with E-state index in [0.29, 0.717) is 35.1 Å². The molecule has 0 bridgehead atoms. The van der Waals surface area contributed by atoms with Crippen LogP contribution in [0.15, 0.2) is 40.8 Å². The first-order valence-electron chi connectivity index (χ1n) is 9.99. The number of benzene rings is 2. The molecule has 1 aromatic heterocycles. The van der Waals surface area contributed by atoms with Crippen LogP contribution >= 0.6 is 0 Å². The Morgan fingerprint density at radius 1 is 1.20 bits per heavy atom. The van der Waals surface area contributed by atoms with Crippen LogP contribution in [-0.2, 0) is 11.2 Å². The Morgan fingerprint density at radius 2 is 2.03 bits per heavy atom. The number of nitrogens with zero attached hydrogens (tertiary/aromatic N) is 3. The highest BCUT2D eigenvalue weighted by Crippen LogP contribution is 2.45. The van der Waals surface area contributed by atoms with E-state index in [4.69, 9.17) is 9.15 Å². The van der Waals surface area contributed by atoms with Crippen molar-refractivity contribution >= 4 is 5.91 Å². The van der Waals surface area contributed by atoms with Gasteiger partial charge in [-0.25, -0.2) is 0 Å². The van der Waals surface area contributed by atoms with Gasteiger partial charge in [-0.15, -0.1) is 10.2 Å². The maximum atomic E-state index is 11.7. The number of carbonyl (C=O) groups is 1. The van der Waals surface area contributed by atoms with Crippen molar-refractivity contribution < 1.29 is 13.9 Å². The van der Waals surface area contributed by atoms with Crippen LogP contribution in [0.2, 0.25) is 0 Å². The molecule has 2 heterocycles. The fourth-order valence-electron chi connectivity index (χ4n) is 4.37. The molecule has 0 radical (unpaired) electrons. The second-order valence-electron chi connectivity index (χ2n) is 7.99. The van der Waals surface area contributed by atoms with Crippen molar-refractivity contribution in [2.45, 2.75) is 38.8 Å². The van der Waals surface area contributed by atoms with Gasteiger partial charge in [-0.1, -0.05) is 12.1 Å². The van der Waals surface area contributed by atoms with Gasteiger partial charge in [-0.05, 0) is 61.6 Å². The van der Waals surface area contributed by atoms with Gasteiger partial charge in [0.15, 0.2) is 0 Å². The number of aromatic nitrogens is 2. The molecule has 1 N–H and O–H groups in total. The molecule has 150 valence electrons. The summed E-state index contributed by atoms with van der Waals surface area (Å²) >= 11 is 0. The van der Waals surface area contributed by atoms with Crippen LogP contribution in [-0.4, -0.2) is 22.2 Å². The lowest BCUT2D eigenvalue weighted by molar-refractivity contribution is -0.119. The van der Waals surface area contributed by atoms with Crippen LogP contribution in [0.3, 0.4) is 0 Å². The molecule has 2 aromatic carbocycles. The minimum absolute atomic E-state index is 0.0255. The number of nitrogens with one attached hydrogen (secondary N) is 1. The summed E-state index contributed by atoms with van der Waals surface area (Å²) in [7, 11) is 0. The maximum absolute atomic E-state index is 11.7. The minimum atomic E-state index is -0.0255. The van der Waals surface area contributed by atoms with Crippen LogP contribution < -0.4 is 10.1 Å². The Kier molecular flexibility index (Phi) is 4.28. The average Bonchev–Trinajstić information content (AvgIpc) is 3.42. The molecule has 5 rings (SSSR count). The zero-order chi connectivity index (χ0) is 20.8. The topological polar surface area (TPSA) is 101 Å². The van der Waals surface area contributed by atoms with E-state index in [1.165, 1.54) is 0 Å². The van der Waals surface area contributed by atoms with E-state index in [0.717, 1.165) is 23.1 Å². The summed E-state index contributed by atoms with van der Waals surface area (Å²) in [5.41, 5.74) is 4.27. The number of fused-ring (bicyclic) bond motifs is 3. The zero-order valence-corrected chi connectivity index (χ0v) is 16.7. The van der Waals surface area contributed by atoms with E-state index < -0.39 is 0 Å². The lowest BCUT2D eigenvalue weighted by Gasteiger charge is -2.11. The minimum Gasteiger partial charge on any atom is -0.490 e. The number of rotatable bonds is 4. The van der Waals surface area contributed by atoms with Gasteiger partial charge in [0, 0.05) is 17.5 Å². The van der Waals surface area contributed by atoms with Gasteiger partial charge in [-0.2, -0.15) is 5.26 Å². The summed E-state index contributed by atoms with van der Waals surface area (Å²) < 4.78 is 11.7. The molecule has 1 aliphatic heterocycles. The van der Waals surface area contributed by atoms with Gasteiger partial charge in [0.05, 0.1) is 17.7 Å². The first-order chi connectivity index (χ1) is 14.5. The number of ether oxygens (including phenoxy) is 1. The molecule has 7 heteroatoms. The summed E-state index contributed by atoms with van der Waals surface area (Å²) in [6.45, 7) is 3.83. The third kappa shape index (κ3) is 3.01. The van der Waals surface area contributed by atoms with E-state index >= 15 is 0 Å². The quantitative estimate of drug-likeness (QED) is 0.715. The third-order valence-corrected chi connectivity index (χ3v) is 5.61. The molecular weight excluding hydrogens is 380 g/mol. The van der Waals surface area contributed by atoms with E-state index in [9.17, 15) is 10.1 Å². The molecular formula is C23H20N4O3. The van der Waals surface area contributed by atoms with Gasteiger partial charge in [0.2, 0.25) is 17.7 Å². The Balaban J connectivity index is 1.48. The largest absolute Gasteiger partial charge is 0.490 e. The van der Waals surface area contributed by atoms with Crippen LogP contribution in [0, 0.1) is 17.2 Å². The van der Waals surface area contributed by atoms with E-state index in [2.05, 4.69) is 27.6 Å². The predicted molar refractivity (Wildman–Crippen MR) is 108 cm³/mol. The molecule has 1 fully saturated rings. The number of hydrogen-bond donors (Lipinski definition) is 1. The predicted octanol–water partition coefficient (Wildman–Crippen LogP) is 3.80. The molecule has 0 unspecified atom stereocenters. The van der Waals surface area contributed by atoms with E-state index in [1.807, 2.05) is 32.0 Å². The molecule has 1 saturated heterocycles. The van der Waals surface area contributed by atoms with E-state index in [-0.39, 0.29) is 24.0 Å². The molecule has 1 aliphatic carbocycles. The number of amides is 1. The van der Waals surface area contributed by atoms with Gasteiger partial charge >= 0.3 is 0 Å². The standard InChI is InChI=1S/C23H20N4O3/c1-12(2)29-19-7-6-13(8-15(19)11-24)22-26-27-23(30-22)17-5-3-4-16-18(17)9-14-10-20(28)25-21(14)16/h3-8,12,14,21H,9-10H2,1-2H3,(H,25,28)/t14-,21+/m1/s1. The first-order valence-corrected chi connectivity index (χ1v) is 9.99. The molecule has 7 nitrogen and oxygen atoms in total. The number of hydrogen-bond acceptors (Lipinski definition) is 6. The van der Waals surface area contributed by atoms with Crippen molar-refractivity contribution in [3.63, 3.8) is 0 Å². The van der Waals surface area contributed by atoms with Gasteiger partial charge in [-0.3, -0.25) is 4.79 Å². The van der Waals surface area contributed by atoms with Crippen molar-refractivity contribution in [3.05, 3.63) is 53.1 Å². The van der Waals surface area contributed by atoms with Gasteiger partial charge in [0.1, 0.15) is 11.8 Å². The Hall–Kier alpha value is -3.66. The molecule has 3 aromatic rings. The Morgan fingerprint density at radius 3 is 2.83 bits per heavy atom. The van der Waals surface area contributed by atoms with Crippen molar-refractivity contribution in [1.82, 2.24) is 15.5 Å². The van der Waals surface area contributed by atoms with Crippen LogP contribution in [0.25, 0.3) is 22.9 Å². The number of nitriles is 1. The Labute approximate surface area is 173 Å². The monoisotopic (exact) mass is 400 g/mol. The molecule has 0 saturated carbocycles. The van der Waals surface area contributed by atoms with Gasteiger partial charge in [0.25, 0.3) is 0 Å². The summed E-state index contributed by atoms with van der Waals surface area (Å²) in [4.78, 5) is 11.7. The molecule has 2 atom stereocenters. The number of carbonyl (C=O) groups excluding carboxylic acids is 1. The highest BCUT2D eigenvalue weighted by atomic mass is 16.5. The second kappa shape index (κ2) is 6.99. The van der Waals surface area contributed by atoms with Crippen molar-refractivity contribution in [2.75, 3.05) is 0 Å². The zero-order valence-electron chi connectivity index (χ0n) is 16.7. The third-order valence-electron chi connectivity index (χ3n) is 5.61. The summed E-state index contributed by atoms with van der Waals surface area (Å²) in [5, 5.41) is 21.0. The van der Waals surface area contributed by atoms with Crippen LogP contribution in [0.5, 0.6) is 5.75 Å². The van der Waals surface area contributed by atoms with Crippen molar-refractivity contribution in [3.8, 4) is 34.7 Å². The fourth-order valence-corrected chi connectivity index (χ4v) is 4.37.